The molecule has 15 heavy (non-hydrogen) atoms. The van der Waals surface area contributed by atoms with E-state index in [4.69, 9.17) is 9.84 Å². The van der Waals surface area contributed by atoms with E-state index in [2.05, 4.69) is 4.90 Å². The Labute approximate surface area is 92.4 Å². The molecule has 1 saturated carbocycles. The maximum Gasteiger partial charge on any atom is 0.0702 e. The van der Waals surface area contributed by atoms with Crippen molar-refractivity contribution < 1.29 is 9.84 Å². The number of aliphatic hydroxyl groups excluding tert-OH is 1. The van der Waals surface area contributed by atoms with Crippen molar-refractivity contribution in [2.24, 2.45) is 0 Å². The van der Waals surface area contributed by atoms with Crippen LogP contribution in [0.2, 0.25) is 0 Å². The number of ether oxygens (including phenoxy) is 1. The molecule has 2 rings (SSSR count). The topological polar surface area (TPSA) is 32.7 Å². The molecule has 0 aromatic heterocycles. The van der Waals surface area contributed by atoms with Crippen LogP contribution < -0.4 is 0 Å². The molecular formula is C12H23NO2. The fraction of sp³-hybridized carbons (Fsp3) is 1.00. The van der Waals surface area contributed by atoms with Gasteiger partial charge >= 0.3 is 0 Å². The maximum atomic E-state index is 8.77. The molecule has 1 heterocycles. The van der Waals surface area contributed by atoms with Gasteiger partial charge < -0.3 is 9.84 Å². The molecule has 1 N–H and O–H groups in total. The summed E-state index contributed by atoms with van der Waals surface area (Å²) in [5.41, 5.74) is 0. The number of aliphatic hydroxyl groups is 1. The zero-order valence-corrected chi connectivity index (χ0v) is 9.53. The number of unbranched alkanes of at least 4 members (excludes halogenated alkanes) is 1. The molecule has 1 atom stereocenters. The van der Waals surface area contributed by atoms with Crippen LogP contribution in [0, 0.1) is 0 Å². The van der Waals surface area contributed by atoms with Gasteiger partial charge in [-0.3, -0.25) is 4.90 Å². The van der Waals surface area contributed by atoms with E-state index in [1.807, 2.05) is 0 Å². The van der Waals surface area contributed by atoms with E-state index in [-0.39, 0.29) is 0 Å². The largest absolute Gasteiger partial charge is 0.396 e. The Morgan fingerprint density at radius 3 is 2.67 bits per heavy atom. The molecule has 2 aliphatic rings. The second-order valence-electron chi connectivity index (χ2n) is 4.79. The Morgan fingerprint density at radius 1 is 1.20 bits per heavy atom. The lowest BCUT2D eigenvalue weighted by Crippen LogP contribution is -2.34. The summed E-state index contributed by atoms with van der Waals surface area (Å²) in [6.07, 6.45) is 7.76. The molecular weight excluding hydrogens is 190 g/mol. The van der Waals surface area contributed by atoms with E-state index >= 15 is 0 Å². The average molecular weight is 213 g/mol. The van der Waals surface area contributed by atoms with Gasteiger partial charge in [0.2, 0.25) is 0 Å². The quantitative estimate of drug-likeness (QED) is 0.649. The fourth-order valence-corrected chi connectivity index (χ4v) is 2.34. The minimum absolute atomic E-state index is 0.332. The van der Waals surface area contributed by atoms with E-state index in [1.54, 1.807) is 0 Å². The first kappa shape index (κ1) is 11.4. The molecule has 0 aromatic carbocycles. The second kappa shape index (κ2) is 5.83. The van der Waals surface area contributed by atoms with Gasteiger partial charge in [0.1, 0.15) is 0 Å². The standard InChI is InChI=1S/C12H23NO2/c14-8-2-1-7-13(11-5-6-11)10-12-4-3-9-15-12/h11-12,14H,1-10H2/t12-/m1/s1. The van der Waals surface area contributed by atoms with Crippen molar-refractivity contribution >= 4 is 0 Å². The number of hydrogen-bond acceptors (Lipinski definition) is 3. The molecule has 0 spiro atoms. The Morgan fingerprint density at radius 2 is 2.07 bits per heavy atom. The summed E-state index contributed by atoms with van der Waals surface area (Å²) in [6, 6.07) is 0.827. The van der Waals surface area contributed by atoms with Gasteiger partial charge in [-0.2, -0.15) is 0 Å². The molecule has 3 nitrogen and oxygen atoms in total. The fourth-order valence-electron chi connectivity index (χ4n) is 2.34. The van der Waals surface area contributed by atoms with E-state index < -0.39 is 0 Å². The summed E-state index contributed by atoms with van der Waals surface area (Å²) in [7, 11) is 0. The van der Waals surface area contributed by atoms with Crippen molar-refractivity contribution in [3.8, 4) is 0 Å². The van der Waals surface area contributed by atoms with Gasteiger partial charge in [-0.05, 0) is 45.1 Å². The molecule has 2 fully saturated rings. The summed E-state index contributed by atoms with van der Waals surface area (Å²) >= 11 is 0. The van der Waals surface area contributed by atoms with E-state index in [9.17, 15) is 0 Å². The Hall–Kier alpha value is -0.120. The lowest BCUT2D eigenvalue weighted by Gasteiger charge is -2.24. The SMILES string of the molecule is OCCCCN(C[C@H]1CCCO1)C1CC1. The van der Waals surface area contributed by atoms with Crippen LogP contribution in [-0.2, 0) is 4.74 Å². The minimum atomic E-state index is 0.332. The van der Waals surface area contributed by atoms with Gasteiger partial charge in [0.05, 0.1) is 6.10 Å². The van der Waals surface area contributed by atoms with Crippen LogP contribution in [-0.4, -0.2) is 48.5 Å². The van der Waals surface area contributed by atoms with Crippen molar-refractivity contribution in [2.45, 2.75) is 50.7 Å². The van der Waals surface area contributed by atoms with Crippen LogP contribution in [0.4, 0.5) is 0 Å². The van der Waals surface area contributed by atoms with Crippen LogP contribution in [0.15, 0.2) is 0 Å². The molecule has 0 unspecified atom stereocenters. The second-order valence-corrected chi connectivity index (χ2v) is 4.79. The third-order valence-electron chi connectivity index (χ3n) is 3.38. The van der Waals surface area contributed by atoms with Gasteiger partial charge in [0.15, 0.2) is 0 Å². The van der Waals surface area contributed by atoms with E-state index in [0.29, 0.717) is 12.7 Å². The van der Waals surface area contributed by atoms with Crippen molar-refractivity contribution in [1.82, 2.24) is 4.90 Å². The summed E-state index contributed by atoms with van der Waals surface area (Å²) in [5.74, 6) is 0. The van der Waals surface area contributed by atoms with Gasteiger partial charge in [0.25, 0.3) is 0 Å². The highest BCUT2D eigenvalue weighted by atomic mass is 16.5. The highest BCUT2D eigenvalue weighted by Crippen LogP contribution is 2.28. The monoisotopic (exact) mass is 213 g/mol. The normalized spacial score (nSPS) is 26.4. The smallest absolute Gasteiger partial charge is 0.0702 e. The average Bonchev–Trinajstić information content (AvgIpc) is 2.97. The molecule has 88 valence electrons. The van der Waals surface area contributed by atoms with Gasteiger partial charge in [-0.1, -0.05) is 0 Å². The highest BCUT2D eigenvalue weighted by molar-refractivity contribution is 4.86. The lowest BCUT2D eigenvalue weighted by molar-refractivity contribution is 0.0692. The predicted molar refractivity (Wildman–Crippen MR) is 59.9 cm³/mol. The molecule has 0 bridgehead atoms. The van der Waals surface area contributed by atoms with Crippen LogP contribution in [0.3, 0.4) is 0 Å². The van der Waals surface area contributed by atoms with Crippen molar-refractivity contribution in [1.29, 1.82) is 0 Å². The third kappa shape index (κ3) is 3.74. The molecule has 1 aliphatic heterocycles. The minimum Gasteiger partial charge on any atom is -0.396 e. The number of hydrogen-bond donors (Lipinski definition) is 1. The van der Waals surface area contributed by atoms with Crippen LogP contribution in [0.25, 0.3) is 0 Å². The van der Waals surface area contributed by atoms with Crippen molar-refractivity contribution in [3.05, 3.63) is 0 Å². The number of rotatable bonds is 7. The summed E-state index contributed by atoms with van der Waals surface area (Å²) in [4.78, 5) is 2.58. The maximum absolute atomic E-state index is 8.77. The molecule has 1 aliphatic carbocycles. The lowest BCUT2D eigenvalue weighted by atomic mass is 10.2. The molecule has 1 saturated heterocycles. The summed E-state index contributed by atoms with van der Waals surface area (Å²) < 4.78 is 5.68. The van der Waals surface area contributed by atoms with Crippen molar-refractivity contribution in [2.75, 3.05) is 26.3 Å². The zero-order valence-electron chi connectivity index (χ0n) is 9.53. The molecule has 0 amide bonds. The Kier molecular flexibility index (Phi) is 4.42. The van der Waals surface area contributed by atoms with Gasteiger partial charge in [0, 0.05) is 25.8 Å². The first-order valence-corrected chi connectivity index (χ1v) is 6.36. The molecule has 0 aromatic rings. The van der Waals surface area contributed by atoms with E-state index in [1.165, 1.54) is 25.7 Å². The Bertz CT molecular complexity index is 176. The number of nitrogens with zero attached hydrogens (tertiary/aromatic N) is 1. The zero-order chi connectivity index (χ0) is 10.5. The van der Waals surface area contributed by atoms with Crippen LogP contribution in [0.5, 0.6) is 0 Å². The third-order valence-corrected chi connectivity index (χ3v) is 3.38. The molecule has 3 heteroatoms. The molecule has 0 radical (unpaired) electrons. The van der Waals surface area contributed by atoms with Crippen LogP contribution >= 0.6 is 0 Å². The predicted octanol–water partition coefficient (Wildman–Crippen LogP) is 1.40. The van der Waals surface area contributed by atoms with Crippen molar-refractivity contribution in [3.63, 3.8) is 0 Å². The van der Waals surface area contributed by atoms with Crippen LogP contribution in [0.1, 0.15) is 38.5 Å². The highest BCUT2D eigenvalue weighted by Gasteiger charge is 2.31. The van der Waals surface area contributed by atoms with Gasteiger partial charge in [-0.15, -0.1) is 0 Å². The summed E-state index contributed by atoms with van der Waals surface area (Å²) in [6.45, 7) is 3.55. The van der Waals surface area contributed by atoms with E-state index in [0.717, 1.165) is 38.6 Å². The first-order chi connectivity index (χ1) is 7.40. The van der Waals surface area contributed by atoms with Gasteiger partial charge in [-0.25, -0.2) is 0 Å². The summed E-state index contributed by atoms with van der Waals surface area (Å²) in [5, 5.41) is 8.77. The Balaban J connectivity index is 1.68. The first-order valence-electron chi connectivity index (χ1n) is 6.36.